The van der Waals surface area contributed by atoms with Crippen molar-refractivity contribution < 1.29 is 9.47 Å². The van der Waals surface area contributed by atoms with Crippen LogP contribution >= 0.6 is 23.2 Å². The number of aromatic nitrogens is 1. The minimum atomic E-state index is 0.158. The molecule has 0 saturated heterocycles. The van der Waals surface area contributed by atoms with Crippen molar-refractivity contribution in [3.63, 3.8) is 0 Å². The number of halogens is 2. The van der Waals surface area contributed by atoms with Crippen molar-refractivity contribution in [3.05, 3.63) is 40.4 Å². The molecule has 1 heterocycles. The van der Waals surface area contributed by atoms with E-state index in [9.17, 15) is 0 Å². The zero-order chi connectivity index (χ0) is 13.1. The van der Waals surface area contributed by atoms with Gasteiger partial charge >= 0.3 is 0 Å². The van der Waals surface area contributed by atoms with Gasteiger partial charge in [-0.25, -0.2) is 0 Å². The molecule has 6 heteroatoms. The third-order valence-corrected chi connectivity index (χ3v) is 2.77. The first kappa shape index (κ1) is 12.8. The van der Waals surface area contributed by atoms with Gasteiger partial charge in [0.2, 0.25) is 5.88 Å². The van der Waals surface area contributed by atoms with Crippen LogP contribution in [0.15, 0.2) is 30.3 Å². The van der Waals surface area contributed by atoms with Crippen molar-refractivity contribution >= 4 is 29.0 Å². The highest BCUT2D eigenvalue weighted by Crippen LogP contribution is 2.35. The molecule has 0 amide bonds. The average Bonchev–Trinajstić information content (AvgIpc) is 2.36. The molecule has 2 rings (SSSR count). The minimum Gasteiger partial charge on any atom is -0.493 e. The zero-order valence-electron chi connectivity index (χ0n) is 9.48. The monoisotopic (exact) mass is 284 g/mol. The third kappa shape index (κ3) is 2.60. The van der Waals surface area contributed by atoms with Crippen molar-refractivity contribution in [2.24, 2.45) is 0 Å². The normalized spacial score (nSPS) is 10.2. The maximum atomic E-state index is 5.98. The van der Waals surface area contributed by atoms with Gasteiger partial charge in [-0.05, 0) is 18.2 Å². The van der Waals surface area contributed by atoms with Crippen LogP contribution in [0.1, 0.15) is 0 Å². The number of hydrogen-bond acceptors (Lipinski definition) is 4. The molecule has 0 unspecified atom stereocenters. The van der Waals surface area contributed by atoms with Gasteiger partial charge < -0.3 is 15.2 Å². The second-order valence-electron chi connectivity index (χ2n) is 3.40. The molecule has 0 saturated carbocycles. The molecule has 0 aliphatic rings. The molecule has 4 nitrogen and oxygen atoms in total. The molecular formula is C12H10Cl2N2O2. The Hall–Kier alpha value is -1.65. The van der Waals surface area contributed by atoms with E-state index in [2.05, 4.69) is 4.98 Å². The van der Waals surface area contributed by atoms with Crippen LogP contribution in [0.4, 0.5) is 5.82 Å². The number of benzene rings is 1. The van der Waals surface area contributed by atoms with E-state index in [0.29, 0.717) is 11.5 Å². The van der Waals surface area contributed by atoms with Crippen molar-refractivity contribution in [1.82, 2.24) is 4.98 Å². The van der Waals surface area contributed by atoms with Gasteiger partial charge in [0.15, 0.2) is 11.5 Å². The second kappa shape index (κ2) is 5.33. The fraction of sp³-hybridized carbons (Fsp3) is 0.0833. The lowest BCUT2D eigenvalue weighted by Crippen LogP contribution is -1.97. The molecule has 1 aromatic carbocycles. The quantitative estimate of drug-likeness (QED) is 0.932. The fourth-order valence-corrected chi connectivity index (χ4v) is 1.74. The Morgan fingerprint density at radius 1 is 1.11 bits per heavy atom. The first-order valence-corrected chi connectivity index (χ1v) is 5.80. The van der Waals surface area contributed by atoms with E-state index in [1.54, 1.807) is 19.2 Å². The molecule has 0 spiro atoms. The summed E-state index contributed by atoms with van der Waals surface area (Å²) in [7, 11) is 1.55. The number of nitrogen functional groups attached to an aromatic ring is 1. The van der Waals surface area contributed by atoms with E-state index in [4.69, 9.17) is 38.4 Å². The number of nitrogens with two attached hydrogens (primary N) is 1. The maximum absolute atomic E-state index is 5.98. The average molecular weight is 285 g/mol. The highest BCUT2D eigenvalue weighted by atomic mass is 35.5. The number of anilines is 1. The zero-order valence-corrected chi connectivity index (χ0v) is 11.0. The summed E-state index contributed by atoms with van der Waals surface area (Å²) < 4.78 is 10.7. The number of para-hydroxylation sites is 2. The predicted octanol–water partition coefficient (Wildman–Crippen LogP) is 3.77. The molecule has 0 atom stereocenters. The standard InChI is InChI=1S/C12H10Cl2N2O2/c1-17-9-4-2-3-5-10(9)18-12-8(14)6-7(13)11(15)16-12/h2-6H,1H3,(H2,15,16). The van der Waals surface area contributed by atoms with Gasteiger partial charge in [0.1, 0.15) is 10.8 Å². The van der Waals surface area contributed by atoms with Gasteiger partial charge in [-0.3, -0.25) is 0 Å². The Labute approximate surface area is 114 Å². The Balaban J connectivity index is 2.37. The molecule has 0 fully saturated rings. The van der Waals surface area contributed by atoms with E-state index >= 15 is 0 Å². The van der Waals surface area contributed by atoms with E-state index in [1.807, 2.05) is 12.1 Å². The van der Waals surface area contributed by atoms with Crippen molar-refractivity contribution in [2.75, 3.05) is 12.8 Å². The Bertz CT molecular complexity index is 576. The van der Waals surface area contributed by atoms with Gasteiger partial charge in [-0.1, -0.05) is 35.3 Å². The molecule has 0 bridgehead atoms. The van der Waals surface area contributed by atoms with Crippen LogP contribution in [0, 0.1) is 0 Å². The lowest BCUT2D eigenvalue weighted by atomic mass is 10.3. The van der Waals surface area contributed by atoms with Crippen LogP contribution in [0.25, 0.3) is 0 Å². The van der Waals surface area contributed by atoms with Crippen LogP contribution in [-0.4, -0.2) is 12.1 Å². The summed E-state index contributed by atoms with van der Waals surface area (Å²) in [4.78, 5) is 3.98. The summed E-state index contributed by atoms with van der Waals surface area (Å²) >= 11 is 11.8. The van der Waals surface area contributed by atoms with Crippen LogP contribution < -0.4 is 15.2 Å². The summed E-state index contributed by atoms with van der Waals surface area (Å²) in [5.74, 6) is 1.41. The highest BCUT2D eigenvalue weighted by Gasteiger charge is 2.11. The number of ether oxygens (including phenoxy) is 2. The van der Waals surface area contributed by atoms with E-state index in [-0.39, 0.29) is 21.7 Å². The smallest absolute Gasteiger partial charge is 0.240 e. The summed E-state index contributed by atoms with van der Waals surface area (Å²) in [5.41, 5.74) is 5.60. The van der Waals surface area contributed by atoms with E-state index in [1.165, 1.54) is 6.07 Å². The fourth-order valence-electron chi connectivity index (χ4n) is 1.34. The van der Waals surface area contributed by atoms with E-state index < -0.39 is 0 Å². The maximum Gasteiger partial charge on any atom is 0.240 e. The molecule has 1 aromatic heterocycles. The first-order chi connectivity index (χ1) is 8.61. The Morgan fingerprint density at radius 2 is 1.78 bits per heavy atom. The predicted molar refractivity (Wildman–Crippen MR) is 71.7 cm³/mol. The molecule has 18 heavy (non-hydrogen) atoms. The third-order valence-electron chi connectivity index (χ3n) is 2.20. The van der Waals surface area contributed by atoms with Crippen LogP contribution in [0.3, 0.4) is 0 Å². The Morgan fingerprint density at radius 3 is 2.44 bits per heavy atom. The molecule has 2 aromatic rings. The van der Waals surface area contributed by atoms with Gasteiger partial charge in [0.05, 0.1) is 12.1 Å². The van der Waals surface area contributed by atoms with Crippen molar-refractivity contribution in [2.45, 2.75) is 0 Å². The molecule has 2 N–H and O–H groups in total. The number of nitrogens with zero attached hydrogens (tertiary/aromatic N) is 1. The topological polar surface area (TPSA) is 57.4 Å². The SMILES string of the molecule is COc1ccccc1Oc1nc(N)c(Cl)cc1Cl. The van der Waals surface area contributed by atoms with E-state index in [0.717, 1.165) is 0 Å². The number of hydrogen-bond donors (Lipinski definition) is 1. The second-order valence-corrected chi connectivity index (χ2v) is 4.21. The van der Waals surface area contributed by atoms with Crippen molar-refractivity contribution in [1.29, 1.82) is 0 Å². The minimum absolute atomic E-state index is 0.158. The largest absolute Gasteiger partial charge is 0.493 e. The summed E-state index contributed by atoms with van der Waals surface area (Å²) in [6, 6.07) is 8.63. The molecule has 0 radical (unpaired) electrons. The van der Waals surface area contributed by atoms with Crippen LogP contribution in [0.5, 0.6) is 17.4 Å². The van der Waals surface area contributed by atoms with Crippen molar-refractivity contribution in [3.8, 4) is 17.4 Å². The Kier molecular flexibility index (Phi) is 3.79. The lowest BCUT2D eigenvalue weighted by Gasteiger charge is -2.11. The first-order valence-electron chi connectivity index (χ1n) is 5.04. The number of pyridine rings is 1. The van der Waals surface area contributed by atoms with Gasteiger partial charge in [-0.15, -0.1) is 0 Å². The molecule has 94 valence electrons. The van der Waals surface area contributed by atoms with Crippen LogP contribution in [-0.2, 0) is 0 Å². The summed E-state index contributed by atoms with van der Waals surface area (Å²) in [6.07, 6.45) is 0. The van der Waals surface area contributed by atoms with Gasteiger partial charge in [0.25, 0.3) is 0 Å². The number of rotatable bonds is 3. The van der Waals surface area contributed by atoms with Gasteiger partial charge in [-0.2, -0.15) is 4.98 Å². The number of methoxy groups -OCH3 is 1. The summed E-state index contributed by atoms with van der Waals surface area (Å²) in [6.45, 7) is 0. The lowest BCUT2D eigenvalue weighted by molar-refractivity contribution is 0.374. The molecule has 0 aliphatic carbocycles. The summed E-state index contributed by atoms with van der Waals surface area (Å²) in [5, 5.41) is 0.562. The molecule has 0 aliphatic heterocycles. The van der Waals surface area contributed by atoms with Gasteiger partial charge in [0, 0.05) is 0 Å². The molecular weight excluding hydrogens is 275 g/mol. The highest BCUT2D eigenvalue weighted by molar-refractivity contribution is 6.36. The van der Waals surface area contributed by atoms with Crippen LogP contribution in [0.2, 0.25) is 10.0 Å².